The molecule has 9 heteroatoms. The van der Waals surface area contributed by atoms with E-state index >= 15 is 0 Å². The third-order valence-corrected chi connectivity index (χ3v) is 7.35. The zero-order valence-corrected chi connectivity index (χ0v) is 22.9. The van der Waals surface area contributed by atoms with Crippen molar-refractivity contribution in [3.63, 3.8) is 0 Å². The number of halogens is 3. The van der Waals surface area contributed by atoms with E-state index in [0.29, 0.717) is 28.6 Å². The molecule has 0 atom stereocenters. The van der Waals surface area contributed by atoms with Gasteiger partial charge in [-0.25, -0.2) is 0 Å². The molecule has 39 heavy (non-hydrogen) atoms. The van der Waals surface area contributed by atoms with E-state index in [1.54, 1.807) is 44.3 Å². The minimum absolute atomic E-state index is 0.233. The Balaban J connectivity index is 1.53. The third-order valence-electron chi connectivity index (χ3n) is 7.35. The number of hydrogen-bond acceptors (Lipinski definition) is 5. The summed E-state index contributed by atoms with van der Waals surface area (Å²) in [6, 6.07) is 13.9. The van der Waals surface area contributed by atoms with Crippen molar-refractivity contribution in [1.82, 2.24) is 14.5 Å². The van der Waals surface area contributed by atoms with Crippen LogP contribution in [0.3, 0.4) is 0 Å². The SMILES string of the molecule is CN(C)[C@H]1CC[C@H](Nc2cccc3c2cc(C#CCNc2ccc(C(C)(C)C#N)nc2)n3CC(F)(F)F)CC1. The Bertz CT molecular complexity index is 1380. The standard InChI is InChI=1S/C30H35F3N6/c1-29(2,19-34)28-15-12-22(18-36-28)35-16-6-7-24-17-25-26(37-21-10-13-23(14-11-21)38(3)4)8-5-9-27(25)39(24)20-30(31,32)33/h5,8-9,12,15,17-18,21,23,35,37H,10-11,13-14,16,20H2,1-4H3/t21-,23-. The number of anilines is 2. The van der Waals surface area contributed by atoms with Crippen LogP contribution in [0.25, 0.3) is 10.9 Å². The summed E-state index contributed by atoms with van der Waals surface area (Å²) in [4.78, 5) is 6.60. The first-order chi connectivity index (χ1) is 18.5. The number of pyridine rings is 1. The van der Waals surface area contributed by atoms with Crippen LogP contribution >= 0.6 is 0 Å². The number of alkyl halides is 3. The molecule has 3 aromatic rings. The van der Waals surface area contributed by atoms with E-state index < -0.39 is 18.1 Å². The summed E-state index contributed by atoms with van der Waals surface area (Å²) in [6.45, 7) is 2.72. The molecule has 1 aromatic carbocycles. The lowest BCUT2D eigenvalue weighted by Gasteiger charge is -2.33. The van der Waals surface area contributed by atoms with Gasteiger partial charge in [-0.2, -0.15) is 18.4 Å². The maximum Gasteiger partial charge on any atom is 0.406 e. The molecule has 0 aliphatic heterocycles. The summed E-state index contributed by atoms with van der Waals surface area (Å²) in [7, 11) is 4.20. The van der Waals surface area contributed by atoms with Crippen molar-refractivity contribution in [2.75, 3.05) is 31.3 Å². The van der Waals surface area contributed by atoms with Gasteiger partial charge in [0.15, 0.2) is 0 Å². The van der Waals surface area contributed by atoms with Crippen LogP contribution in [0.15, 0.2) is 42.6 Å². The molecule has 4 rings (SSSR count). The van der Waals surface area contributed by atoms with E-state index in [1.807, 2.05) is 12.1 Å². The smallest absolute Gasteiger partial charge is 0.382 e. The monoisotopic (exact) mass is 536 g/mol. The molecule has 2 N–H and O–H groups in total. The highest BCUT2D eigenvalue weighted by molar-refractivity contribution is 5.94. The first-order valence-electron chi connectivity index (χ1n) is 13.2. The van der Waals surface area contributed by atoms with E-state index in [2.05, 4.69) is 52.5 Å². The highest BCUT2D eigenvalue weighted by Gasteiger charge is 2.30. The van der Waals surface area contributed by atoms with Gasteiger partial charge in [0.25, 0.3) is 0 Å². The number of hydrogen-bond donors (Lipinski definition) is 2. The highest BCUT2D eigenvalue weighted by Crippen LogP contribution is 2.32. The third kappa shape index (κ3) is 7.04. The minimum atomic E-state index is -4.38. The van der Waals surface area contributed by atoms with E-state index in [9.17, 15) is 18.4 Å². The number of rotatable bonds is 7. The molecule has 6 nitrogen and oxygen atoms in total. The van der Waals surface area contributed by atoms with E-state index in [-0.39, 0.29) is 12.6 Å². The van der Waals surface area contributed by atoms with Gasteiger partial charge in [-0.15, -0.1) is 0 Å². The summed E-state index contributed by atoms with van der Waals surface area (Å²) in [5.41, 5.74) is 2.36. The number of benzene rings is 1. The Hall–Kier alpha value is -3.69. The average Bonchev–Trinajstić information content (AvgIpc) is 3.24. The van der Waals surface area contributed by atoms with Gasteiger partial charge < -0.3 is 20.1 Å². The zero-order valence-electron chi connectivity index (χ0n) is 22.9. The molecular weight excluding hydrogens is 501 g/mol. The largest absolute Gasteiger partial charge is 0.406 e. The van der Waals surface area contributed by atoms with Gasteiger partial charge in [-0.05, 0) is 89.9 Å². The molecule has 0 spiro atoms. The molecule has 1 fully saturated rings. The summed E-state index contributed by atoms with van der Waals surface area (Å²) in [5, 5.41) is 16.7. The summed E-state index contributed by atoms with van der Waals surface area (Å²) < 4.78 is 41.8. The lowest BCUT2D eigenvalue weighted by molar-refractivity contribution is -0.140. The van der Waals surface area contributed by atoms with Gasteiger partial charge in [0.2, 0.25) is 0 Å². The molecular formula is C30H35F3N6. The normalized spacial score (nSPS) is 17.9. The number of aromatic nitrogens is 2. The molecule has 1 aliphatic carbocycles. The Labute approximate surface area is 228 Å². The molecule has 0 saturated heterocycles. The van der Waals surface area contributed by atoms with Crippen molar-refractivity contribution in [2.45, 2.75) is 69.8 Å². The maximum absolute atomic E-state index is 13.5. The molecule has 0 bridgehead atoms. The van der Waals surface area contributed by atoms with Crippen LogP contribution in [0.5, 0.6) is 0 Å². The second-order valence-corrected chi connectivity index (χ2v) is 10.9. The number of fused-ring (bicyclic) bond motifs is 1. The first kappa shape index (κ1) is 28.3. The van der Waals surface area contributed by atoms with Gasteiger partial charge in [-0.1, -0.05) is 12.0 Å². The predicted octanol–water partition coefficient (Wildman–Crippen LogP) is 6.15. The molecule has 206 valence electrons. The van der Waals surface area contributed by atoms with Crippen molar-refractivity contribution in [1.29, 1.82) is 5.26 Å². The van der Waals surface area contributed by atoms with Gasteiger partial charge >= 0.3 is 6.18 Å². The number of nitriles is 1. The minimum Gasteiger partial charge on any atom is -0.382 e. The van der Waals surface area contributed by atoms with Crippen molar-refractivity contribution in [3.05, 3.63) is 54.0 Å². The average molecular weight is 537 g/mol. The van der Waals surface area contributed by atoms with Crippen LogP contribution in [0.1, 0.15) is 50.9 Å². The number of nitrogens with one attached hydrogen (secondary N) is 2. The lowest BCUT2D eigenvalue weighted by atomic mass is 9.90. The Morgan fingerprint density at radius 3 is 2.46 bits per heavy atom. The van der Waals surface area contributed by atoms with Crippen LogP contribution in [-0.2, 0) is 12.0 Å². The van der Waals surface area contributed by atoms with Crippen LogP contribution < -0.4 is 10.6 Å². The van der Waals surface area contributed by atoms with E-state index in [4.69, 9.17) is 0 Å². The second kappa shape index (κ2) is 11.6. The van der Waals surface area contributed by atoms with Gasteiger partial charge in [0.05, 0.1) is 46.8 Å². The van der Waals surface area contributed by atoms with Crippen LogP contribution in [0.2, 0.25) is 0 Å². The molecule has 0 amide bonds. The molecule has 1 saturated carbocycles. The summed E-state index contributed by atoms with van der Waals surface area (Å²) in [6.07, 6.45) is 1.47. The van der Waals surface area contributed by atoms with Gasteiger partial charge in [0, 0.05) is 23.2 Å². The van der Waals surface area contributed by atoms with Crippen molar-refractivity contribution in [3.8, 4) is 17.9 Å². The molecule has 0 radical (unpaired) electrons. The maximum atomic E-state index is 13.5. The quantitative estimate of drug-likeness (QED) is 0.355. The lowest BCUT2D eigenvalue weighted by Crippen LogP contribution is -2.36. The summed E-state index contributed by atoms with van der Waals surface area (Å²) >= 11 is 0. The summed E-state index contributed by atoms with van der Waals surface area (Å²) in [5.74, 6) is 5.90. The van der Waals surface area contributed by atoms with Crippen molar-refractivity contribution >= 4 is 22.3 Å². The second-order valence-electron chi connectivity index (χ2n) is 10.9. The van der Waals surface area contributed by atoms with E-state index in [0.717, 1.165) is 36.8 Å². The fraction of sp³-hybridized carbons (Fsp3) is 0.467. The highest BCUT2D eigenvalue weighted by atomic mass is 19.4. The molecule has 0 unspecified atom stereocenters. The van der Waals surface area contributed by atoms with E-state index in [1.165, 1.54) is 4.57 Å². The van der Waals surface area contributed by atoms with Crippen LogP contribution in [-0.4, -0.2) is 53.4 Å². The van der Waals surface area contributed by atoms with Crippen molar-refractivity contribution < 1.29 is 13.2 Å². The van der Waals surface area contributed by atoms with Crippen LogP contribution in [0.4, 0.5) is 24.5 Å². The number of nitrogens with zero attached hydrogens (tertiary/aromatic N) is 4. The van der Waals surface area contributed by atoms with Crippen molar-refractivity contribution in [2.24, 2.45) is 0 Å². The molecule has 1 aliphatic rings. The van der Waals surface area contributed by atoms with Crippen LogP contribution in [0, 0.1) is 23.2 Å². The zero-order chi connectivity index (χ0) is 28.2. The first-order valence-corrected chi connectivity index (χ1v) is 13.2. The molecule has 2 aromatic heterocycles. The molecule has 2 heterocycles. The van der Waals surface area contributed by atoms with Gasteiger partial charge in [-0.3, -0.25) is 4.98 Å². The predicted molar refractivity (Wildman–Crippen MR) is 150 cm³/mol. The fourth-order valence-corrected chi connectivity index (χ4v) is 5.03. The topological polar surface area (TPSA) is 68.9 Å². The Kier molecular flexibility index (Phi) is 8.42. The van der Waals surface area contributed by atoms with Gasteiger partial charge in [0.1, 0.15) is 6.54 Å². The Morgan fingerprint density at radius 1 is 1.10 bits per heavy atom. The fourth-order valence-electron chi connectivity index (χ4n) is 5.03. The Morgan fingerprint density at radius 2 is 1.85 bits per heavy atom.